The van der Waals surface area contributed by atoms with Crippen molar-refractivity contribution in [1.29, 1.82) is 0 Å². The Bertz CT molecular complexity index is 689. The van der Waals surface area contributed by atoms with Gasteiger partial charge in [-0.25, -0.2) is 17.7 Å². The van der Waals surface area contributed by atoms with Gasteiger partial charge in [0, 0.05) is 32.4 Å². The number of anilines is 1. The highest BCUT2D eigenvalue weighted by molar-refractivity contribution is 7.89. The van der Waals surface area contributed by atoms with Crippen molar-refractivity contribution < 1.29 is 13.2 Å². The molecule has 1 atom stereocenters. The standard InChI is InChI=1S/C15H21ClN4O3S/c16-12-3-4-14(17-9-12)18-15(21)11-19-8-5-13(10-19)24(22,23)20-6-1-2-7-20/h3-4,9,13H,1-2,5-8,10-11H2,(H,17,18,21). The fraction of sp³-hybridized carbons (Fsp3) is 0.600. The molecule has 0 aliphatic carbocycles. The molecule has 7 nitrogen and oxygen atoms in total. The Hall–Kier alpha value is -1.22. The molecule has 9 heteroatoms. The molecule has 0 saturated carbocycles. The number of hydrogen-bond acceptors (Lipinski definition) is 5. The lowest BCUT2D eigenvalue weighted by molar-refractivity contribution is -0.117. The number of hydrogen-bond donors (Lipinski definition) is 1. The minimum Gasteiger partial charge on any atom is -0.310 e. The minimum absolute atomic E-state index is 0.163. The van der Waals surface area contributed by atoms with E-state index in [0.717, 1.165) is 12.8 Å². The number of nitrogens with zero attached hydrogens (tertiary/aromatic N) is 3. The fourth-order valence-electron chi connectivity index (χ4n) is 3.17. The van der Waals surface area contributed by atoms with Gasteiger partial charge >= 0.3 is 0 Å². The van der Waals surface area contributed by atoms with Crippen molar-refractivity contribution in [3.05, 3.63) is 23.4 Å². The van der Waals surface area contributed by atoms with Gasteiger partial charge in [0.2, 0.25) is 15.9 Å². The van der Waals surface area contributed by atoms with Gasteiger partial charge in [-0.05, 0) is 31.4 Å². The molecule has 2 fully saturated rings. The third-order valence-corrected chi connectivity index (χ3v) is 6.97. The zero-order chi connectivity index (χ0) is 17.2. The molecular formula is C15H21ClN4O3S. The largest absolute Gasteiger partial charge is 0.310 e. The fourth-order valence-corrected chi connectivity index (χ4v) is 5.28. The third kappa shape index (κ3) is 4.05. The summed E-state index contributed by atoms with van der Waals surface area (Å²) >= 11 is 5.75. The molecule has 1 N–H and O–H groups in total. The van der Waals surface area contributed by atoms with Crippen LogP contribution in [0.5, 0.6) is 0 Å². The molecule has 0 radical (unpaired) electrons. The highest BCUT2D eigenvalue weighted by atomic mass is 35.5. The first-order valence-electron chi connectivity index (χ1n) is 8.08. The number of likely N-dealkylation sites (tertiary alicyclic amines) is 1. The highest BCUT2D eigenvalue weighted by Crippen LogP contribution is 2.23. The topological polar surface area (TPSA) is 82.6 Å². The van der Waals surface area contributed by atoms with Crippen molar-refractivity contribution in [2.75, 3.05) is 38.0 Å². The number of carbonyl (C=O) groups is 1. The summed E-state index contributed by atoms with van der Waals surface area (Å²) < 4.78 is 26.7. The number of halogens is 1. The molecule has 132 valence electrons. The van der Waals surface area contributed by atoms with Crippen LogP contribution in [0.1, 0.15) is 19.3 Å². The van der Waals surface area contributed by atoms with Gasteiger partial charge in [-0.3, -0.25) is 9.69 Å². The van der Waals surface area contributed by atoms with Crippen LogP contribution in [0.3, 0.4) is 0 Å². The number of sulfonamides is 1. The third-order valence-electron chi connectivity index (χ3n) is 4.44. The van der Waals surface area contributed by atoms with Gasteiger partial charge in [0.1, 0.15) is 5.82 Å². The van der Waals surface area contributed by atoms with Crippen LogP contribution in [-0.4, -0.2) is 66.5 Å². The Balaban J connectivity index is 1.52. The number of pyridine rings is 1. The van der Waals surface area contributed by atoms with Crippen LogP contribution in [0, 0.1) is 0 Å². The molecule has 0 bridgehead atoms. The Morgan fingerprint density at radius 3 is 2.71 bits per heavy atom. The lowest BCUT2D eigenvalue weighted by Gasteiger charge is -2.21. The minimum atomic E-state index is -3.24. The lowest BCUT2D eigenvalue weighted by Crippen LogP contribution is -2.39. The predicted molar refractivity (Wildman–Crippen MR) is 92.4 cm³/mol. The molecule has 1 unspecified atom stereocenters. The van der Waals surface area contributed by atoms with E-state index in [4.69, 9.17) is 11.6 Å². The molecule has 1 amide bonds. The van der Waals surface area contributed by atoms with E-state index < -0.39 is 15.3 Å². The van der Waals surface area contributed by atoms with E-state index >= 15 is 0 Å². The number of amides is 1. The molecule has 3 heterocycles. The van der Waals surface area contributed by atoms with Crippen LogP contribution in [0.2, 0.25) is 5.02 Å². The lowest BCUT2D eigenvalue weighted by atomic mass is 10.4. The zero-order valence-corrected chi connectivity index (χ0v) is 14.9. The van der Waals surface area contributed by atoms with Crippen LogP contribution >= 0.6 is 11.6 Å². The van der Waals surface area contributed by atoms with Crippen molar-refractivity contribution in [3.8, 4) is 0 Å². The van der Waals surface area contributed by atoms with Crippen molar-refractivity contribution in [3.63, 3.8) is 0 Å². The molecule has 1 aromatic heterocycles. The first kappa shape index (κ1) is 17.6. The molecule has 1 aromatic rings. The summed E-state index contributed by atoms with van der Waals surface area (Å²) in [6, 6.07) is 3.28. The SMILES string of the molecule is O=C(CN1CCC(S(=O)(=O)N2CCCC2)C1)Nc1ccc(Cl)cn1. The van der Waals surface area contributed by atoms with Gasteiger partial charge in [-0.1, -0.05) is 11.6 Å². The van der Waals surface area contributed by atoms with Crippen LogP contribution in [-0.2, 0) is 14.8 Å². The zero-order valence-electron chi connectivity index (χ0n) is 13.3. The molecule has 2 aliphatic heterocycles. The molecule has 0 spiro atoms. The van der Waals surface area contributed by atoms with Gasteiger partial charge in [0.15, 0.2) is 0 Å². The average Bonchev–Trinajstić information content (AvgIpc) is 3.21. The molecular weight excluding hydrogens is 352 g/mol. The number of carbonyl (C=O) groups excluding carboxylic acids is 1. The highest BCUT2D eigenvalue weighted by Gasteiger charge is 2.38. The smallest absolute Gasteiger partial charge is 0.239 e. The van der Waals surface area contributed by atoms with Gasteiger partial charge in [0.05, 0.1) is 16.8 Å². The van der Waals surface area contributed by atoms with E-state index in [-0.39, 0.29) is 12.5 Å². The van der Waals surface area contributed by atoms with E-state index in [9.17, 15) is 13.2 Å². The monoisotopic (exact) mass is 372 g/mol. The van der Waals surface area contributed by atoms with Gasteiger partial charge < -0.3 is 5.32 Å². The summed E-state index contributed by atoms with van der Waals surface area (Å²) in [6.45, 7) is 2.43. The van der Waals surface area contributed by atoms with E-state index in [1.807, 2.05) is 4.90 Å². The Morgan fingerprint density at radius 2 is 2.04 bits per heavy atom. The van der Waals surface area contributed by atoms with Crippen LogP contribution in [0.25, 0.3) is 0 Å². The van der Waals surface area contributed by atoms with Crippen molar-refractivity contribution in [1.82, 2.24) is 14.2 Å². The maximum Gasteiger partial charge on any atom is 0.239 e. The number of aromatic nitrogens is 1. The molecule has 2 saturated heterocycles. The first-order valence-corrected chi connectivity index (χ1v) is 9.96. The van der Waals surface area contributed by atoms with Crippen LogP contribution in [0.4, 0.5) is 5.82 Å². The van der Waals surface area contributed by atoms with E-state index in [1.165, 1.54) is 6.20 Å². The van der Waals surface area contributed by atoms with Gasteiger partial charge in [0.25, 0.3) is 0 Å². The normalized spacial score (nSPS) is 22.8. The Morgan fingerprint density at radius 1 is 1.29 bits per heavy atom. The summed E-state index contributed by atoms with van der Waals surface area (Å²) in [5.41, 5.74) is 0. The van der Waals surface area contributed by atoms with Crippen molar-refractivity contribution in [2.45, 2.75) is 24.5 Å². The number of nitrogens with one attached hydrogen (secondary N) is 1. The summed E-state index contributed by atoms with van der Waals surface area (Å²) in [5.74, 6) is 0.230. The second-order valence-electron chi connectivity index (χ2n) is 6.21. The summed E-state index contributed by atoms with van der Waals surface area (Å²) in [6.07, 6.45) is 3.91. The van der Waals surface area contributed by atoms with Gasteiger partial charge in [-0.15, -0.1) is 0 Å². The second-order valence-corrected chi connectivity index (χ2v) is 8.86. The summed E-state index contributed by atoms with van der Waals surface area (Å²) in [5, 5.41) is 2.79. The van der Waals surface area contributed by atoms with Crippen LogP contribution in [0.15, 0.2) is 18.3 Å². The van der Waals surface area contributed by atoms with E-state index in [1.54, 1.807) is 16.4 Å². The maximum absolute atomic E-state index is 12.6. The number of rotatable bonds is 5. The van der Waals surface area contributed by atoms with E-state index in [0.29, 0.717) is 43.4 Å². The Labute approximate surface area is 147 Å². The van der Waals surface area contributed by atoms with E-state index in [2.05, 4.69) is 10.3 Å². The first-order chi connectivity index (χ1) is 11.4. The summed E-state index contributed by atoms with van der Waals surface area (Å²) in [7, 11) is -3.24. The quantitative estimate of drug-likeness (QED) is 0.839. The van der Waals surface area contributed by atoms with Crippen molar-refractivity contribution in [2.24, 2.45) is 0 Å². The summed E-state index contributed by atoms with van der Waals surface area (Å²) in [4.78, 5) is 18.0. The molecule has 0 aromatic carbocycles. The average molecular weight is 373 g/mol. The molecule has 24 heavy (non-hydrogen) atoms. The predicted octanol–water partition coefficient (Wildman–Crippen LogP) is 1.17. The van der Waals surface area contributed by atoms with Crippen molar-refractivity contribution >= 4 is 33.3 Å². The molecule has 3 rings (SSSR count). The van der Waals surface area contributed by atoms with Gasteiger partial charge in [-0.2, -0.15) is 0 Å². The maximum atomic E-state index is 12.6. The molecule has 2 aliphatic rings. The van der Waals surface area contributed by atoms with Crippen LogP contribution < -0.4 is 5.32 Å². The Kier molecular flexibility index (Phi) is 5.39. The second kappa shape index (κ2) is 7.35.